The van der Waals surface area contributed by atoms with Crippen molar-refractivity contribution in [2.75, 3.05) is 0 Å². The van der Waals surface area contributed by atoms with Crippen molar-refractivity contribution in [2.45, 2.75) is 0 Å². The molecule has 0 radical (unpaired) electrons. The second-order valence-electron chi connectivity index (χ2n) is 11.6. The van der Waals surface area contributed by atoms with Crippen molar-refractivity contribution in [3.8, 4) is 66.8 Å². The van der Waals surface area contributed by atoms with Gasteiger partial charge in [-0.2, -0.15) is 0 Å². The average molecular weight is 557 g/mol. The fourth-order valence-corrected chi connectivity index (χ4v) is 7.34. The van der Waals surface area contributed by atoms with Gasteiger partial charge in [-0.3, -0.25) is 0 Å². The normalized spacial score (nSPS) is 11.6. The molecule has 0 aromatic heterocycles. The van der Waals surface area contributed by atoms with Crippen molar-refractivity contribution in [1.82, 2.24) is 0 Å². The topological polar surface area (TPSA) is 0 Å². The van der Waals surface area contributed by atoms with E-state index >= 15 is 0 Å². The summed E-state index contributed by atoms with van der Waals surface area (Å²) in [6, 6.07) is 62.1. The lowest BCUT2D eigenvalue weighted by Gasteiger charge is -2.21. The molecule has 9 rings (SSSR count). The molecule has 1 aliphatic carbocycles. The molecule has 204 valence electrons. The van der Waals surface area contributed by atoms with Gasteiger partial charge in [-0.25, -0.2) is 0 Å². The van der Waals surface area contributed by atoms with Crippen molar-refractivity contribution in [2.24, 2.45) is 0 Å². The Morgan fingerprint density at radius 1 is 0.227 bits per heavy atom. The first-order chi connectivity index (χ1) is 21.9. The molecule has 0 heterocycles. The first-order valence-corrected chi connectivity index (χ1v) is 15.3. The second kappa shape index (κ2) is 9.93. The zero-order valence-electron chi connectivity index (χ0n) is 24.2. The molecule has 0 amide bonds. The van der Waals surface area contributed by atoms with Crippen LogP contribution in [0, 0.1) is 0 Å². The van der Waals surface area contributed by atoms with Crippen LogP contribution in [0.1, 0.15) is 0 Å². The van der Waals surface area contributed by atoms with Gasteiger partial charge >= 0.3 is 0 Å². The van der Waals surface area contributed by atoms with Crippen LogP contribution in [-0.4, -0.2) is 0 Å². The van der Waals surface area contributed by atoms with Crippen molar-refractivity contribution >= 4 is 21.5 Å². The Labute approximate surface area is 257 Å². The molecule has 0 saturated carbocycles. The zero-order valence-corrected chi connectivity index (χ0v) is 24.2. The maximum atomic E-state index is 2.41. The van der Waals surface area contributed by atoms with E-state index < -0.39 is 0 Å². The third-order valence-electron chi connectivity index (χ3n) is 9.20. The third kappa shape index (κ3) is 3.71. The van der Waals surface area contributed by atoms with Gasteiger partial charge in [-0.15, -0.1) is 0 Å². The van der Waals surface area contributed by atoms with Crippen LogP contribution in [0.3, 0.4) is 0 Å². The largest absolute Gasteiger partial charge is 0.0622 e. The first-order valence-electron chi connectivity index (χ1n) is 15.3. The van der Waals surface area contributed by atoms with E-state index in [2.05, 4.69) is 170 Å². The van der Waals surface area contributed by atoms with Crippen molar-refractivity contribution in [3.05, 3.63) is 170 Å². The van der Waals surface area contributed by atoms with E-state index in [-0.39, 0.29) is 0 Å². The summed E-state index contributed by atoms with van der Waals surface area (Å²) < 4.78 is 0. The van der Waals surface area contributed by atoms with Gasteiger partial charge in [0, 0.05) is 0 Å². The molecule has 0 spiro atoms. The molecule has 0 heteroatoms. The van der Waals surface area contributed by atoms with Gasteiger partial charge in [0.25, 0.3) is 0 Å². The molecule has 0 aliphatic heterocycles. The average Bonchev–Trinajstić information content (AvgIpc) is 3.43. The Morgan fingerprint density at radius 2 is 0.727 bits per heavy atom. The maximum Gasteiger partial charge on any atom is -0.000741 e. The van der Waals surface area contributed by atoms with Crippen LogP contribution >= 0.6 is 0 Å². The molecule has 8 aromatic rings. The standard InChI is InChI=1S/C44H28/c1-5-14-29(15-6-1)33-24-25-36-39(28-33)41(32-20-11-4-12-21-32)43-37-23-13-22-35-34(30-16-7-2-8-17-30)26-27-38(42(35)37)44(43)40(36)31-18-9-3-10-19-31/h1-28H. The molecule has 0 atom stereocenters. The molecule has 8 aromatic carbocycles. The number of hydrogen-bond acceptors (Lipinski definition) is 0. The van der Waals surface area contributed by atoms with E-state index in [4.69, 9.17) is 0 Å². The van der Waals surface area contributed by atoms with E-state index in [1.165, 1.54) is 88.3 Å². The fraction of sp³-hybridized carbons (Fsp3) is 0. The van der Waals surface area contributed by atoms with Gasteiger partial charge in [0.2, 0.25) is 0 Å². The van der Waals surface area contributed by atoms with E-state index in [1.54, 1.807) is 0 Å². The van der Waals surface area contributed by atoms with Crippen LogP contribution in [0.2, 0.25) is 0 Å². The Kier molecular flexibility index (Phi) is 5.61. The third-order valence-corrected chi connectivity index (χ3v) is 9.20. The minimum absolute atomic E-state index is 1.23. The highest BCUT2D eigenvalue weighted by atomic mass is 14.3. The van der Waals surface area contributed by atoms with E-state index in [0.717, 1.165) is 0 Å². The summed E-state index contributed by atoms with van der Waals surface area (Å²) in [4.78, 5) is 0. The van der Waals surface area contributed by atoms with Crippen LogP contribution < -0.4 is 0 Å². The summed E-state index contributed by atoms with van der Waals surface area (Å²) >= 11 is 0. The maximum absolute atomic E-state index is 2.41. The van der Waals surface area contributed by atoms with Gasteiger partial charge in [0.1, 0.15) is 0 Å². The van der Waals surface area contributed by atoms with Crippen LogP contribution in [0.15, 0.2) is 170 Å². The van der Waals surface area contributed by atoms with Gasteiger partial charge in [0.05, 0.1) is 0 Å². The van der Waals surface area contributed by atoms with Crippen LogP contribution in [-0.2, 0) is 0 Å². The zero-order chi connectivity index (χ0) is 29.0. The van der Waals surface area contributed by atoms with E-state index in [0.29, 0.717) is 0 Å². The van der Waals surface area contributed by atoms with E-state index in [1.807, 2.05) is 0 Å². The highest BCUT2D eigenvalue weighted by molar-refractivity contribution is 6.29. The second-order valence-corrected chi connectivity index (χ2v) is 11.6. The predicted molar refractivity (Wildman–Crippen MR) is 188 cm³/mol. The lowest BCUT2D eigenvalue weighted by Crippen LogP contribution is -1.94. The molecule has 0 N–H and O–H groups in total. The molecular formula is C44H28. The lowest BCUT2D eigenvalue weighted by atomic mass is 9.82. The quantitative estimate of drug-likeness (QED) is 0.202. The van der Waals surface area contributed by atoms with Gasteiger partial charge in [-0.05, 0) is 94.4 Å². The monoisotopic (exact) mass is 556 g/mol. The Hall–Kier alpha value is -5.72. The highest BCUT2D eigenvalue weighted by Gasteiger charge is 2.31. The highest BCUT2D eigenvalue weighted by Crippen LogP contribution is 2.58. The van der Waals surface area contributed by atoms with Crippen molar-refractivity contribution in [1.29, 1.82) is 0 Å². The molecule has 1 aliphatic rings. The Morgan fingerprint density at radius 3 is 1.34 bits per heavy atom. The molecule has 0 nitrogen and oxygen atoms in total. The Bertz CT molecular complexity index is 2330. The number of fused-ring (bicyclic) bond motifs is 4. The van der Waals surface area contributed by atoms with Gasteiger partial charge in [-0.1, -0.05) is 164 Å². The molecular weight excluding hydrogens is 528 g/mol. The minimum atomic E-state index is 1.23. The Balaban J connectivity index is 1.48. The van der Waals surface area contributed by atoms with Gasteiger partial charge in [0.15, 0.2) is 0 Å². The summed E-state index contributed by atoms with van der Waals surface area (Å²) in [5, 5.41) is 5.20. The van der Waals surface area contributed by atoms with E-state index in [9.17, 15) is 0 Å². The molecule has 0 fully saturated rings. The first kappa shape index (κ1) is 24.8. The molecule has 0 saturated heterocycles. The fourth-order valence-electron chi connectivity index (χ4n) is 7.34. The van der Waals surface area contributed by atoms with Crippen molar-refractivity contribution in [3.63, 3.8) is 0 Å². The number of rotatable bonds is 4. The summed E-state index contributed by atoms with van der Waals surface area (Å²) in [5.74, 6) is 0. The SMILES string of the molecule is c1ccc(-c2ccc3c(-c4ccccc4)c4c(c(-c5ccccc5)c3c2)-c2cccc3c(-c5ccccc5)ccc-4c23)cc1. The van der Waals surface area contributed by atoms with Crippen LogP contribution in [0.25, 0.3) is 88.3 Å². The predicted octanol–water partition coefficient (Wildman–Crippen LogP) is 12.3. The summed E-state index contributed by atoms with van der Waals surface area (Å²) in [6.45, 7) is 0. The van der Waals surface area contributed by atoms with Crippen molar-refractivity contribution < 1.29 is 0 Å². The van der Waals surface area contributed by atoms with Crippen LogP contribution in [0.5, 0.6) is 0 Å². The smallest absolute Gasteiger partial charge is 0.000741 e. The molecule has 0 bridgehead atoms. The minimum Gasteiger partial charge on any atom is -0.0622 e. The van der Waals surface area contributed by atoms with Crippen LogP contribution in [0.4, 0.5) is 0 Å². The lowest BCUT2D eigenvalue weighted by molar-refractivity contribution is 1.61. The summed E-state index contributed by atoms with van der Waals surface area (Å²) in [7, 11) is 0. The number of benzene rings is 8. The summed E-state index contributed by atoms with van der Waals surface area (Å²) in [6.07, 6.45) is 0. The number of hydrogen-bond donors (Lipinski definition) is 0. The van der Waals surface area contributed by atoms with Gasteiger partial charge < -0.3 is 0 Å². The molecule has 0 unspecified atom stereocenters. The molecule has 44 heavy (non-hydrogen) atoms. The summed E-state index contributed by atoms with van der Waals surface area (Å²) in [5.41, 5.74) is 15.4.